The van der Waals surface area contributed by atoms with Gasteiger partial charge >= 0.3 is 0 Å². The van der Waals surface area contributed by atoms with Crippen molar-refractivity contribution in [2.45, 2.75) is 26.5 Å². The molecule has 0 aliphatic carbocycles. The van der Waals surface area contributed by atoms with E-state index >= 15 is 0 Å². The summed E-state index contributed by atoms with van der Waals surface area (Å²) >= 11 is 0. The molecule has 1 heterocycles. The Balaban J connectivity index is 2.25. The van der Waals surface area contributed by atoms with Gasteiger partial charge in [-0.15, -0.1) is 5.10 Å². The Hall–Kier alpha value is -0.940. The average molecular weight is 198 g/mol. The van der Waals surface area contributed by atoms with Crippen LogP contribution < -0.4 is 5.32 Å². The van der Waals surface area contributed by atoms with Crippen molar-refractivity contribution in [1.29, 1.82) is 0 Å². The van der Waals surface area contributed by atoms with Gasteiger partial charge in [-0.3, -0.25) is 4.68 Å². The summed E-state index contributed by atoms with van der Waals surface area (Å²) in [6, 6.07) is 0. The lowest BCUT2D eigenvalue weighted by atomic mass is 10.1. The van der Waals surface area contributed by atoms with Crippen LogP contribution in [-0.2, 0) is 13.6 Å². The number of aromatic nitrogens is 3. The highest BCUT2D eigenvalue weighted by atomic mass is 16.3. The van der Waals surface area contributed by atoms with E-state index in [9.17, 15) is 5.11 Å². The molecule has 0 radical (unpaired) electrons. The number of hydrogen-bond acceptors (Lipinski definition) is 4. The topological polar surface area (TPSA) is 63.0 Å². The van der Waals surface area contributed by atoms with Gasteiger partial charge in [0, 0.05) is 20.1 Å². The Kier molecular flexibility index (Phi) is 4.03. The van der Waals surface area contributed by atoms with Crippen molar-refractivity contribution in [3.63, 3.8) is 0 Å². The molecule has 0 amide bonds. The third-order valence-corrected chi connectivity index (χ3v) is 2.24. The highest BCUT2D eigenvalue weighted by Gasteiger charge is 2.08. The molecule has 0 fully saturated rings. The maximum absolute atomic E-state index is 9.52. The van der Waals surface area contributed by atoms with Gasteiger partial charge in [0.1, 0.15) is 0 Å². The minimum atomic E-state index is -0.295. The van der Waals surface area contributed by atoms with E-state index in [0.717, 1.165) is 5.69 Å². The minimum absolute atomic E-state index is 0.284. The summed E-state index contributed by atoms with van der Waals surface area (Å²) in [5, 5.41) is 20.3. The van der Waals surface area contributed by atoms with Crippen molar-refractivity contribution in [3.8, 4) is 0 Å². The van der Waals surface area contributed by atoms with Crippen LogP contribution in [0.4, 0.5) is 0 Å². The first kappa shape index (κ1) is 11.1. The van der Waals surface area contributed by atoms with Crippen LogP contribution in [0.25, 0.3) is 0 Å². The van der Waals surface area contributed by atoms with Gasteiger partial charge in [-0.1, -0.05) is 19.1 Å². The van der Waals surface area contributed by atoms with E-state index in [2.05, 4.69) is 15.6 Å². The molecule has 1 unspecified atom stereocenters. The smallest absolute Gasteiger partial charge is 0.0738 e. The van der Waals surface area contributed by atoms with E-state index in [0.29, 0.717) is 13.1 Å². The van der Waals surface area contributed by atoms with Crippen LogP contribution in [0.3, 0.4) is 0 Å². The molecule has 5 nitrogen and oxygen atoms in total. The second kappa shape index (κ2) is 5.07. The van der Waals surface area contributed by atoms with E-state index in [1.54, 1.807) is 10.9 Å². The normalized spacial score (nSPS) is 13.5. The first-order valence-corrected chi connectivity index (χ1v) is 4.83. The van der Waals surface area contributed by atoms with Crippen molar-refractivity contribution >= 4 is 0 Å². The van der Waals surface area contributed by atoms with Gasteiger partial charge in [0.2, 0.25) is 0 Å². The van der Waals surface area contributed by atoms with E-state index in [1.807, 2.05) is 20.9 Å². The largest absolute Gasteiger partial charge is 0.392 e. The van der Waals surface area contributed by atoms with Crippen LogP contribution in [0.15, 0.2) is 6.20 Å². The summed E-state index contributed by atoms with van der Waals surface area (Å²) in [7, 11) is 1.85. The van der Waals surface area contributed by atoms with Gasteiger partial charge in [0.05, 0.1) is 18.0 Å². The van der Waals surface area contributed by atoms with Crippen molar-refractivity contribution < 1.29 is 5.11 Å². The second-order valence-electron chi connectivity index (χ2n) is 3.79. The number of aliphatic hydroxyl groups is 1. The summed E-state index contributed by atoms with van der Waals surface area (Å²) in [4.78, 5) is 0. The Morgan fingerprint density at radius 2 is 2.29 bits per heavy atom. The maximum Gasteiger partial charge on any atom is 0.0738 e. The monoisotopic (exact) mass is 198 g/mol. The first-order valence-electron chi connectivity index (χ1n) is 4.83. The summed E-state index contributed by atoms with van der Waals surface area (Å²) < 4.78 is 1.72. The molecule has 1 atom stereocenters. The predicted octanol–water partition coefficient (Wildman–Crippen LogP) is -0.0784. The lowest BCUT2D eigenvalue weighted by molar-refractivity contribution is 0.123. The van der Waals surface area contributed by atoms with E-state index in [4.69, 9.17) is 0 Å². The highest BCUT2D eigenvalue weighted by molar-refractivity contribution is 4.92. The number of aliphatic hydroxyl groups excluding tert-OH is 1. The first-order chi connectivity index (χ1) is 6.61. The maximum atomic E-state index is 9.52. The standard InChI is InChI=1S/C9H18N4O/c1-7(2)9(14)6-10-4-8-5-11-12-13(8)3/h5,7,9-10,14H,4,6H2,1-3H3. The van der Waals surface area contributed by atoms with Crippen LogP contribution in [0.5, 0.6) is 0 Å². The fraction of sp³-hybridized carbons (Fsp3) is 0.778. The molecule has 1 aromatic heterocycles. The molecule has 2 N–H and O–H groups in total. The van der Waals surface area contributed by atoms with Crippen molar-refractivity contribution in [3.05, 3.63) is 11.9 Å². The molecule has 0 aliphatic rings. The van der Waals surface area contributed by atoms with Gasteiger partial charge in [0.15, 0.2) is 0 Å². The SMILES string of the molecule is CC(C)C(O)CNCc1cnnn1C. The minimum Gasteiger partial charge on any atom is -0.392 e. The number of aryl methyl sites for hydroxylation is 1. The third kappa shape index (κ3) is 3.08. The Bertz CT molecular complexity index is 272. The van der Waals surface area contributed by atoms with Crippen LogP contribution in [0.2, 0.25) is 0 Å². The summed E-state index contributed by atoms with van der Waals surface area (Å²) in [5.41, 5.74) is 1.01. The Morgan fingerprint density at radius 1 is 1.57 bits per heavy atom. The lowest BCUT2D eigenvalue weighted by Gasteiger charge is -2.14. The fourth-order valence-corrected chi connectivity index (χ4v) is 1.05. The van der Waals surface area contributed by atoms with E-state index in [-0.39, 0.29) is 12.0 Å². The zero-order valence-electron chi connectivity index (χ0n) is 8.94. The van der Waals surface area contributed by atoms with Gasteiger partial charge < -0.3 is 10.4 Å². The molecule has 0 aromatic carbocycles. The Labute approximate surface area is 84.1 Å². The molecular formula is C9H18N4O. The van der Waals surface area contributed by atoms with Gasteiger partial charge in [-0.05, 0) is 5.92 Å². The third-order valence-electron chi connectivity index (χ3n) is 2.24. The molecule has 0 bridgehead atoms. The molecule has 0 spiro atoms. The van der Waals surface area contributed by atoms with Crippen molar-refractivity contribution in [2.75, 3.05) is 6.54 Å². The van der Waals surface area contributed by atoms with Crippen LogP contribution in [0.1, 0.15) is 19.5 Å². The molecule has 0 saturated heterocycles. The predicted molar refractivity (Wildman–Crippen MR) is 53.6 cm³/mol. The molecule has 0 saturated carbocycles. The summed E-state index contributed by atoms with van der Waals surface area (Å²) in [5.74, 6) is 0.284. The number of hydrogen-bond donors (Lipinski definition) is 2. The summed E-state index contributed by atoms with van der Waals surface area (Å²) in [6.07, 6.45) is 1.42. The number of rotatable bonds is 5. The van der Waals surface area contributed by atoms with Crippen molar-refractivity contribution in [2.24, 2.45) is 13.0 Å². The Morgan fingerprint density at radius 3 is 2.79 bits per heavy atom. The highest BCUT2D eigenvalue weighted by Crippen LogP contribution is 1.99. The lowest BCUT2D eigenvalue weighted by Crippen LogP contribution is -2.30. The van der Waals surface area contributed by atoms with E-state index in [1.165, 1.54) is 0 Å². The molecule has 1 rings (SSSR count). The quantitative estimate of drug-likeness (QED) is 0.694. The molecular weight excluding hydrogens is 180 g/mol. The van der Waals surface area contributed by atoms with Crippen LogP contribution >= 0.6 is 0 Å². The molecule has 80 valence electrons. The van der Waals surface area contributed by atoms with Crippen LogP contribution in [0, 0.1) is 5.92 Å². The second-order valence-corrected chi connectivity index (χ2v) is 3.79. The number of nitrogens with one attached hydrogen (secondary N) is 1. The van der Waals surface area contributed by atoms with E-state index < -0.39 is 0 Å². The molecule has 5 heteroatoms. The van der Waals surface area contributed by atoms with Crippen LogP contribution in [-0.4, -0.2) is 32.7 Å². The molecule has 1 aromatic rings. The zero-order chi connectivity index (χ0) is 10.6. The van der Waals surface area contributed by atoms with Gasteiger partial charge in [-0.2, -0.15) is 0 Å². The number of nitrogens with zero attached hydrogens (tertiary/aromatic N) is 3. The molecule has 14 heavy (non-hydrogen) atoms. The fourth-order valence-electron chi connectivity index (χ4n) is 1.05. The van der Waals surface area contributed by atoms with Gasteiger partial charge in [0.25, 0.3) is 0 Å². The zero-order valence-corrected chi connectivity index (χ0v) is 8.94. The van der Waals surface area contributed by atoms with Gasteiger partial charge in [-0.25, -0.2) is 0 Å². The van der Waals surface area contributed by atoms with Crippen molar-refractivity contribution in [1.82, 2.24) is 20.3 Å². The summed E-state index contributed by atoms with van der Waals surface area (Å²) in [6.45, 7) is 5.28. The molecule has 0 aliphatic heterocycles. The average Bonchev–Trinajstić information content (AvgIpc) is 2.51.